The Morgan fingerprint density at radius 2 is 0.536 bits per heavy atom. The van der Waals surface area contributed by atoms with Crippen molar-refractivity contribution in [2.45, 2.75) is 107 Å². The number of methoxy groups -OCH3 is 1. The molecular weight excluding hydrogens is 1760 g/mol. The Morgan fingerprint density at radius 1 is 0.283 bits per heavy atom. The van der Waals surface area contributed by atoms with E-state index in [0.29, 0.717) is 90.7 Å². The molecule has 18 aromatic rings. The molecule has 0 amide bonds. The zero-order valence-electron chi connectivity index (χ0n) is 76.7. The topological polar surface area (TPSA) is 401 Å². The van der Waals surface area contributed by atoms with E-state index in [9.17, 15) is 28.8 Å². The van der Waals surface area contributed by atoms with Gasteiger partial charge >= 0.3 is 35.8 Å². The van der Waals surface area contributed by atoms with Crippen LogP contribution in [-0.4, -0.2) is 104 Å². The van der Waals surface area contributed by atoms with Gasteiger partial charge in [0.1, 0.15) is 39.9 Å². The number of ether oxygens (including phenoxy) is 7. The first-order valence-electron chi connectivity index (χ1n) is 43.3. The number of carbonyl (C=O) groups excluding carboxylic acids is 6. The van der Waals surface area contributed by atoms with E-state index in [2.05, 4.69) is 132 Å². The predicted molar refractivity (Wildman–Crippen MR) is 505 cm³/mol. The number of esters is 6. The zero-order valence-corrected chi connectivity index (χ0v) is 76.7. The van der Waals surface area contributed by atoms with Crippen LogP contribution in [0.3, 0.4) is 0 Å². The molecule has 12 heterocycles. The van der Waals surface area contributed by atoms with Crippen molar-refractivity contribution in [2.24, 2.45) is 0 Å². The van der Waals surface area contributed by atoms with Crippen molar-refractivity contribution >= 4 is 35.8 Å². The Hall–Kier alpha value is -17.9. The Bertz CT molecular complexity index is 6760. The number of aryl methyl sites for hydroxylation is 5. The lowest BCUT2D eigenvalue weighted by atomic mass is 9.86. The minimum absolute atomic E-state index is 0.0108. The van der Waals surface area contributed by atoms with Crippen LogP contribution in [0.1, 0.15) is 158 Å². The average molecular weight is 1850 g/mol. The number of rotatable bonds is 26. The van der Waals surface area contributed by atoms with Crippen LogP contribution in [0.4, 0.5) is 0 Å². The summed E-state index contributed by atoms with van der Waals surface area (Å²) in [6, 6.07) is 76.2. The fourth-order valence-corrected chi connectivity index (χ4v) is 13.0. The summed E-state index contributed by atoms with van der Waals surface area (Å²) in [4.78, 5) is 94.3. The van der Waals surface area contributed by atoms with E-state index in [4.69, 9.17) is 60.3 Å². The second-order valence-electron chi connectivity index (χ2n) is 31.6. The second-order valence-corrected chi connectivity index (χ2v) is 31.6. The van der Waals surface area contributed by atoms with E-state index in [1.165, 1.54) is 59.4 Å². The molecule has 696 valence electrons. The minimum atomic E-state index is -0.458. The van der Waals surface area contributed by atoms with E-state index >= 15 is 0 Å². The summed E-state index contributed by atoms with van der Waals surface area (Å²) in [5.74, 6) is 1.04. The van der Waals surface area contributed by atoms with Crippen LogP contribution in [0.25, 0.3) is 67.5 Å². The first-order valence-corrected chi connectivity index (χ1v) is 43.3. The molecule has 0 fully saturated rings. The van der Waals surface area contributed by atoms with Gasteiger partial charge < -0.3 is 60.3 Å². The number of hydrogen-bond donors (Lipinski definition) is 0. The van der Waals surface area contributed by atoms with E-state index < -0.39 is 35.8 Å². The van der Waals surface area contributed by atoms with E-state index in [0.717, 1.165) is 68.1 Å². The van der Waals surface area contributed by atoms with Gasteiger partial charge in [-0.15, -0.1) is 0 Å². The number of hydrogen-bond acceptors (Lipinski definition) is 31. The summed E-state index contributed by atoms with van der Waals surface area (Å²) >= 11 is 0. The van der Waals surface area contributed by atoms with E-state index in [1.807, 2.05) is 124 Å². The molecule has 0 saturated carbocycles. The van der Waals surface area contributed by atoms with Crippen LogP contribution in [0.15, 0.2) is 350 Å². The number of benzene rings is 6. The highest BCUT2D eigenvalue weighted by molar-refractivity contribution is 5.91. The highest BCUT2D eigenvalue weighted by Gasteiger charge is 2.21. The van der Waals surface area contributed by atoms with Gasteiger partial charge in [0.25, 0.3) is 0 Å². The van der Waals surface area contributed by atoms with Crippen molar-refractivity contribution in [3.05, 3.63) is 424 Å². The molecule has 31 nitrogen and oxygen atoms in total. The summed E-state index contributed by atoms with van der Waals surface area (Å²) in [5, 5.41) is 24.1. The lowest BCUT2D eigenvalue weighted by Crippen LogP contribution is -2.10. The highest BCUT2D eigenvalue weighted by Crippen LogP contribution is 2.32. The summed E-state index contributed by atoms with van der Waals surface area (Å²) in [6.45, 7) is 17.0. The first kappa shape index (κ1) is 97.6. The lowest BCUT2D eigenvalue weighted by molar-refractivity contribution is 0.0429. The van der Waals surface area contributed by atoms with Gasteiger partial charge in [-0.25, -0.2) is 28.8 Å². The van der Waals surface area contributed by atoms with Gasteiger partial charge in [-0.2, -0.15) is 0 Å². The van der Waals surface area contributed by atoms with Gasteiger partial charge in [0.15, 0.2) is 74.2 Å². The maximum Gasteiger partial charge on any atom is 0.340 e. The maximum atomic E-state index is 11.9. The van der Waals surface area contributed by atoms with E-state index in [-0.39, 0.29) is 45.1 Å². The van der Waals surface area contributed by atoms with Gasteiger partial charge in [-0.05, 0) is 159 Å². The third kappa shape index (κ3) is 29.1. The maximum absolute atomic E-state index is 11.9. The van der Waals surface area contributed by atoms with Crippen molar-refractivity contribution in [1.82, 2.24) is 60.8 Å². The van der Waals surface area contributed by atoms with Crippen molar-refractivity contribution < 1.29 is 89.1 Å². The number of aromatic nitrogens is 12. The molecule has 0 spiro atoms. The third-order valence-corrected chi connectivity index (χ3v) is 20.3. The quantitative estimate of drug-likeness (QED) is 0.0359. The summed E-state index contributed by atoms with van der Waals surface area (Å²) in [5.41, 5.74) is 19.8. The molecule has 0 N–H and O–H groups in total. The summed E-state index contributed by atoms with van der Waals surface area (Å²) in [6.07, 6.45) is 19.3. The van der Waals surface area contributed by atoms with Gasteiger partial charge in [-0.3, -0.25) is 29.9 Å². The fourth-order valence-electron chi connectivity index (χ4n) is 13.0. The number of pyridine rings is 6. The van der Waals surface area contributed by atoms with Crippen LogP contribution in [-0.2, 0) is 79.9 Å². The Balaban J connectivity index is 0.000000140. The molecule has 0 aliphatic rings. The highest BCUT2D eigenvalue weighted by atomic mass is 16.6. The molecule has 6 aromatic carbocycles. The molecule has 0 bridgehead atoms. The van der Waals surface area contributed by atoms with Crippen LogP contribution < -0.4 is 4.74 Å². The van der Waals surface area contributed by atoms with Crippen molar-refractivity contribution in [3.8, 4) is 73.3 Å². The van der Waals surface area contributed by atoms with Crippen LogP contribution in [0.5, 0.6) is 5.75 Å². The molecule has 0 unspecified atom stereocenters. The summed E-state index contributed by atoms with van der Waals surface area (Å²) in [7, 11) is 1.61. The van der Waals surface area contributed by atoms with Gasteiger partial charge in [-0.1, -0.05) is 185 Å². The van der Waals surface area contributed by atoms with Gasteiger partial charge in [0.05, 0.1) is 40.5 Å². The standard InChI is InChI=1S/C20H20N2O3.C19H18N2O3.C18H16N2O3.C17H14N2O4.C17H14N2O3.C16H12N2O3/c1-20(2,3)16-8-6-14(7-9-16)18-11-17(25-22-18)13-24-19(23)15-5-4-10-21-12-15;1-12-7-13(2)18(14(3)8-12)17-9-16(24-21-17)11-23-19(22)15-5-4-6-20-10-15;1-2-13-5-7-14(8-6-13)17-10-16(23-20-17)12-22-18(21)15-4-3-9-19-11-15;1-21-14-6-4-12(5-7-14)16-9-15(23-19-16)11-22-17(20)13-3-2-8-18-10-13;1-12-4-6-13(7-5-12)16-9-15(22-19-16)11-21-17(20)14-3-2-8-18-10-14;19-16(13-7-4-8-17-10-13)20-11-14-9-15(18-21-14)12-5-2-1-3-6-12/h4-12H,13H2,1-3H3;4-10H,11H2,1-3H3;3-11H,2,12H2,1H3;2-10H,11H2,1H3;2-10H,11H2,1H3;1-10H,11H2. The molecule has 0 atom stereocenters. The predicted octanol–water partition coefficient (Wildman–Crippen LogP) is 21.7. The zero-order chi connectivity index (χ0) is 97.0. The fraction of sp³-hybridized carbons (Fsp3) is 0.159. The van der Waals surface area contributed by atoms with Crippen LogP contribution in [0.2, 0.25) is 0 Å². The van der Waals surface area contributed by atoms with Crippen LogP contribution in [0, 0.1) is 27.7 Å². The number of carbonyl (C=O) groups is 6. The third-order valence-electron chi connectivity index (χ3n) is 20.3. The molecule has 31 heteroatoms. The Labute approximate surface area is 793 Å². The van der Waals surface area contributed by atoms with Crippen molar-refractivity contribution in [1.29, 1.82) is 0 Å². The molecule has 0 aliphatic heterocycles. The average Bonchev–Trinajstić information content (AvgIpc) is 1.53. The first-order chi connectivity index (χ1) is 67.0. The second kappa shape index (κ2) is 49.0. The molecule has 138 heavy (non-hydrogen) atoms. The molecule has 12 aromatic heterocycles. The number of nitrogens with zero attached hydrogens (tertiary/aromatic N) is 12. The van der Waals surface area contributed by atoms with Gasteiger partial charge in [0.2, 0.25) is 0 Å². The molecule has 0 radical (unpaired) electrons. The largest absolute Gasteiger partial charge is 0.497 e. The Morgan fingerprint density at radius 3 is 0.797 bits per heavy atom. The SMILES string of the molecule is CC(C)(C)c1ccc(-c2cc(COC(=O)c3cccnc3)on2)cc1.CCc1ccc(-c2cc(COC(=O)c3cccnc3)on2)cc1.COc1ccc(-c2cc(COC(=O)c3cccnc3)on2)cc1.Cc1cc(C)c(-c2cc(COC(=O)c3cccnc3)on2)c(C)c1.Cc1ccc(-c2cc(COC(=O)c3cccnc3)on2)cc1.O=C(OCc1cc(-c2ccccc2)no1)c1cccnc1. The van der Waals surface area contributed by atoms with Crippen molar-refractivity contribution in [3.63, 3.8) is 0 Å². The molecular formula is C107H94N12O19. The smallest absolute Gasteiger partial charge is 0.340 e. The van der Waals surface area contributed by atoms with E-state index in [1.54, 1.807) is 153 Å². The lowest BCUT2D eigenvalue weighted by Gasteiger charge is -2.18. The van der Waals surface area contributed by atoms with Crippen LogP contribution >= 0.6 is 0 Å². The monoisotopic (exact) mass is 1850 g/mol. The molecule has 0 aliphatic carbocycles. The molecule has 18 rings (SSSR count). The molecule has 0 saturated heterocycles. The van der Waals surface area contributed by atoms with Crippen molar-refractivity contribution in [2.75, 3.05) is 7.11 Å². The normalized spacial score (nSPS) is 10.6. The Kier molecular flexibility index (Phi) is 34.7. The minimum Gasteiger partial charge on any atom is -0.497 e. The van der Waals surface area contributed by atoms with Gasteiger partial charge in [0, 0.05) is 144 Å². The summed E-state index contributed by atoms with van der Waals surface area (Å²) < 4.78 is 67.6.